The smallest absolute Gasteiger partial charge is 0.156 e. The highest BCUT2D eigenvalue weighted by molar-refractivity contribution is 6.37. The zero-order valence-electron chi connectivity index (χ0n) is 10.7. The molecule has 0 aliphatic carbocycles. The zero-order valence-corrected chi connectivity index (χ0v) is 12.2. The first kappa shape index (κ1) is 16.2. The third-order valence-electron chi connectivity index (χ3n) is 2.40. The highest BCUT2D eigenvalue weighted by Gasteiger charge is 2.09. The van der Waals surface area contributed by atoms with Gasteiger partial charge in [-0.1, -0.05) is 29.3 Å². The summed E-state index contributed by atoms with van der Waals surface area (Å²) in [5.74, 6) is 0.450. The van der Waals surface area contributed by atoms with Crippen molar-refractivity contribution < 1.29 is 14.6 Å². The minimum absolute atomic E-state index is 0.0294. The van der Waals surface area contributed by atoms with Crippen LogP contribution in [0.15, 0.2) is 24.8 Å². The van der Waals surface area contributed by atoms with Gasteiger partial charge in [0.25, 0.3) is 0 Å². The Morgan fingerprint density at radius 2 is 1.74 bits per heavy atom. The summed E-state index contributed by atoms with van der Waals surface area (Å²) in [6.07, 6.45) is 4.61. The molecular weight excluding hydrogens is 287 g/mol. The van der Waals surface area contributed by atoms with Crippen LogP contribution in [-0.2, 0) is 4.74 Å². The van der Waals surface area contributed by atoms with Crippen molar-refractivity contribution in [1.29, 1.82) is 0 Å². The largest absolute Gasteiger partial charge is 0.508 e. The Bertz CT molecular complexity index is 385. The SMILES string of the molecule is C=CCOCCCCCOc1c(Cl)cc(O)cc1Cl. The Labute approximate surface area is 123 Å². The number of phenolic OH excluding ortho intramolecular Hbond substituents is 1. The predicted molar refractivity (Wildman–Crippen MR) is 78.5 cm³/mol. The van der Waals surface area contributed by atoms with Crippen molar-refractivity contribution in [3.8, 4) is 11.5 Å². The molecule has 0 aliphatic heterocycles. The summed E-state index contributed by atoms with van der Waals surface area (Å²) >= 11 is 11.9. The number of hydrogen-bond donors (Lipinski definition) is 1. The van der Waals surface area contributed by atoms with E-state index in [2.05, 4.69) is 6.58 Å². The summed E-state index contributed by atoms with van der Waals surface area (Å²) in [7, 11) is 0. The lowest BCUT2D eigenvalue weighted by Crippen LogP contribution is -2.00. The van der Waals surface area contributed by atoms with Crippen molar-refractivity contribution >= 4 is 23.2 Å². The van der Waals surface area contributed by atoms with Crippen molar-refractivity contribution in [3.63, 3.8) is 0 Å². The summed E-state index contributed by atoms with van der Waals surface area (Å²) in [5.41, 5.74) is 0. The van der Waals surface area contributed by atoms with E-state index in [-0.39, 0.29) is 5.75 Å². The molecule has 0 radical (unpaired) electrons. The van der Waals surface area contributed by atoms with Gasteiger partial charge in [-0.2, -0.15) is 0 Å². The molecule has 5 heteroatoms. The quantitative estimate of drug-likeness (QED) is 0.541. The van der Waals surface area contributed by atoms with Crippen LogP contribution in [0.5, 0.6) is 11.5 Å². The summed E-state index contributed by atoms with van der Waals surface area (Å²) in [4.78, 5) is 0. The van der Waals surface area contributed by atoms with E-state index < -0.39 is 0 Å². The van der Waals surface area contributed by atoms with Gasteiger partial charge in [-0.25, -0.2) is 0 Å². The molecule has 1 aromatic rings. The van der Waals surface area contributed by atoms with Crippen molar-refractivity contribution in [2.75, 3.05) is 19.8 Å². The average molecular weight is 305 g/mol. The number of hydrogen-bond acceptors (Lipinski definition) is 3. The van der Waals surface area contributed by atoms with Crippen molar-refractivity contribution in [3.05, 3.63) is 34.8 Å². The van der Waals surface area contributed by atoms with E-state index in [0.29, 0.717) is 29.0 Å². The number of benzene rings is 1. The Hall–Kier alpha value is -0.900. The molecule has 0 heterocycles. The monoisotopic (exact) mass is 304 g/mol. The molecule has 106 valence electrons. The van der Waals surface area contributed by atoms with Gasteiger partial charge < -0.3 is 14.6 Å². The molecule has 0 fully saturated rings. The van der Waals surface area contributed by atoms with Gasteiger partial charge in [0.05, 0.1) is 23.3 Å². The van der Waals surface area contributed by atoms with Crippen LogP contribution in [0.25, 0.3) is 0 Å². The maximum Gasteiger partial charge on any atom is 0.156 e. The lowest BCUT2D eigenvalue weighted by atomic mass is 10.2. The van der Waals surface area contributed by atoms with E-state index in [9.17, 15) is 5.11 Å². The lowest BCUT2D eigenvalue weighted by Gasteiger charge is -2.10. The highest BCUT2D eigenvalue weighted by Crippen LogP contribution is 2.36. The molecule has 3 nitrogen and oxygen atoms in total. The number of aromatic hydroxyl groups is 1. The fourth-order valence-corrected chi connectivity index (χ4v) is 2.09. The first-order chi connectivity index (χ1) is 9.15. The molecule has 1 N–H and O–H groups in total. The van der Waals surface area contributed by atoms with Crippen LogP contribution in [0.1, 0.15) is 19.3 Å². The molecule has 0 aliphatic rings. The van der Waals surface area contributed by atoms with Gasteiger partial charge in [-0.3, -0.25) is 0 Å². The fourth-order valence-electron chi connectivity index (χ4n) is 1.51. The van der Waals surface area contributed by atoms with Crippen LogP contribution < -0.4 is 4.74 Å². The maximum atomic E-state index is 9.29. The van der Waals surface area contributed by atoms with Gasteiger partial charge in [0.15, 0.2) is 5.75 Å². The molecule has 0 amide bonds. The summed E-state index contributed by atoms with van der Waals surface area (Å²) in [5, 5.41) is 9.92. The van der Waals surface area contributed by atoms with E-state index in [4.69, 9.17) is 32.7 Å². The third-order valence-corrected chi connectivity index (χ3v) is 2.96. The molecule has 0 saturated carbocycles. The van der Waals surface area contributed by atoms with Gasteiger partial charge in [-0.15, -0.1) is 6.58 Å². The van der Waals surface area contributed by atoms with Gasteiger partial charge >= 0.3 is 0 Å². The van der Waals surface area contributed by atoms with E-state index in [0.717, 1.165) is 25.9 Å². The van der Waals surface area contributed by atoms with Gasteiger partial charge in [0.1, 0.15) is 5.75 Å². The predicted octanol–water partition coefficient (Wildman–Crippen LogP) is 4.45. The summed E-state index contributed by atoms with van der Waals surface area (Å²) in [6, 6.07) is 2.82. The van der Waals surface area contributed by atoms with Crippen molar-refractivity contribution in [2.45, 2.75) is 19.3 Å². The van der Waals surface area contributed by atoms with Crippen molar-refractivity contribution in [1.82, 2.24) is 0 Å². The normalized spacial score (nSPS) is 10.4. The second kappa shape index (κ2) is 9.08. The van der Waals surface area contributed by atoms with Crippen LogP contribution in [0.4, 0.5) is 0 Å². The molecule has 0 saturated heterocycles. The minimum Gasteiger partial charge on any atom is -0.508 e. The van der Waals surface area contributed by atoms with E-state index in [1.54, 1.807) is 6.08 Å². The topological polar surface area (TPSA) is 38.7 Å². The second-order valence-electron chi connectivity index (χ2n) is 4.01. The molecule has 1 rings (SSSR count). The van der Waals surface area contributed by atoms with Gasteiger partial charge in [0, 0.05) is 18.7 Å². The van der Waals surface area contributed by atoms with Crippen LogP contribution >= 0.6 is 23.2 Å². The number of ether oxygens (including phenoxy) is 2. The standard InChI is InChI=1S/C14H18Cl2O3/c1-2-6-18-7-4-3-5-8-19-14-12(15)9-11(17)10-13(14)16/h2,9-10,17H,1,3-8H2. The van der Waals surface area contributed by atoms with E-state index in [1.807, 2.05) is 0 Å². The van der Waals surface area contributed by atoms with Crippen LogP contribution in [0.2, 0.25) is 10.0 Å². The first-order valence-electron chi connectivity index (χ1n) is 6.14. The Kier molecular flexibility index (Phi) is 7.72. The van der Waals surface area contributed by atoms with Crippen LogP contribution in [0, 0.1) is 0 Å². The van der Waals surface area contributed by atoms with Crippen LogP contribution in [0.3, 0.4) is 0 Å². The molecule has 0 bridgehead atoms. The van der Waals surface area contributed by atoms with Gasteiger partial charge in [-0.05, 0) is 19.3 Å². The molecule has 0 aromatic heterocycles. The summed E-state index contributed by atoms with van der Waals surface area (Å²) in [6.45, 7) is 5.43. The Balaban J connectivity index is 2.21. The van der Waals surface area contributed by atoms with E-state index >= 15 is 0 Å². The lowest BCUT2D eigenvalue weighted by molar-refractivity contribution is 0.155. The Morgan fingerprint density at radius 1 is 1.11 bits per heavy atom. The number of phenols is 1. The number of unbranched alkanes of at least 4 members (excludes halogenated alkanes) is 2. The Morgan fingerprint density at radius 3 is 2.37 bits per heavy atom. The average Bonchev–Trinajstić information content (AvgIpc) is 2.35. The number of rotatable bonds is 9. The molecule has 19 heavy (non-hydrogen) atoms. The molecule has 1 aromatic carbocycles. The second-order valence-corrected chi connectivity index (χ2v) is 4.83. The third kappa shape index (κ3) is 6.19. The van der Waals surface area contributed by atoms with Crippen LogP contribution in [-0.4, -0.2) is 24.9 Å². The van der Waals surface area contributed by atoms with Crippen molar-refractivity contribution in [2.24, 2.45) is 0 Å². The van der Waals surface area contributed by atoms with E-state index in [1.165, 1.54) is 12.1 Å². The zero-order chi connectivity index (χ0) is 14.1. The molecule has 0 atom stereocenters. The summed E-state index contributed by atoms with van der Waals surface area (Å²) < 4.78 is 10.8. The molecule has 0 spiro atoms. The minimum atomic E-state index is 0.0294. The van der Waals surface area contributed by atoms with Gasteiger partial charge in [0.2, 0.25) is 0 Å². The maximum absolute atomic E-state index is 9.29. The number of halogens is 2. The highest BCUT2D eigenvalue weighted by atomic mass is 35.5. The molecular formula is C14H18Cl2O3. The molecule has 0 unspecified atom stereocenters. The first-order valence-corrected chi connectivity index (χ1v) is 6.90. The fraction of sp³-hybridized carbons (Fsp3) is 0.429.